The number of hydrogen-bond donors (Lipinski definition) is 1. The van der Waals surface area contributed by atoms with Gasteiger partial charge in [0.05, 0.1) is 11.3 Å². The first-order valence-electron chi connectivity index (χ1n) is 6.36. The first kappa shape index (κ1) is 12.8. The maximum atomic E-state index is 12.3. The number of hydrogen-bond acceptors (Lipinski definition) is 4. The second-order valence-corrected chi connectivity index (χ2v) is 5.01. The number of morpholine rings is 1. The highest BCUT2D eigenvalue weighted by molar-refractivity contribution is 6.20. The predicted molar refractivity (Wildman–Crippen MR) is 68.5 cm³/mol. The van der Waals surface area contributed by atoms with E-state index in [-0.39, 0.29) is 5.56 Å². The van der Waals surface area contributed by atoms with Crippen molar-refractivity contribution in [1.82, 2.24) is 0 Å². The second-order valence-electron chi connectivity index (χ2n) is 5.01. The molecule has 2 amide bonds. The number of carbonyl (C=O) groups is 3. The summed E-state index contributed by atoms with van der Waals surface area (Å²) in [5.74, 6) is -1.91. The Hall–Kier alpha value is -2.21. The highest BCUT2D eigenvalue weighted by Crippen LogP contribution is 2.33. The van der Waals surface area contributed by atoms with Gasteiger partial charge in [-0.1, -0.05) is 6.07 Å². The molecule has 2 saturated heterocycles. The van der Waals surface area contributed by atoms with Crippen molar-refractivity contribution >= 4 is 23.5 Å². The molecular formula is C14H13NO5. The zero-order valence-corrected chi connectivity index (χ0v) is 10.8. The van der Waals surface area contributed by atoms with Crippen LogP contribution in [0, 0.1) is 6.92 Å². The molecule has 1 N–H and O–H groups in total. The van der Waals surface area contributed by atoms with E-state index in [1.54, 1.807) is 13.0 Å². The first-order chi connectivity index (χ1) is 9.49. The Morgan fingerprint density at radius 2 is 1.85 bits per heavy atom. The Bertz CT molecular complexity index is 602. The van der Waals surface area contributed by atoms with E-state index < -0.39 is 30.0 Å². The van der Waals surface area contributed by atoms with Crippen LogP contribution in [0.1, 0.15) is 28.8 Å². The van der Waals surface area contributed by atoms with Crippen LogP contribution in [0.15, 0.2) is 18.2 Å². The lowest BCUT2D eigenvalue weighted by atomic mass is 10.1. The minimum absolute atomic E-state index is 0.0463. The number of rotatable bonds is 2. The molecule has 2 unspecified atom stereocenters. The number of anilines is 1. The van der Waals surface area contributed by atoms with Gasteiger partial charge in [-0.2, -0.15) is 0 Å². The van der Waals surface area contributed by atoms with Crippen molar-refractivity contribution in [1.29, 1.82) is 0 Å². The zero-order valence-electron chi connectivity index (χ0n) is 10.8. The van der Waals surface area contributed by atoms with Crippen LogP contribution in [0.4, 0.5) is 5.69 Å². The molecule has 2 heterocycles. The van der Waals surface area contributed by atoms with Gasteiger partial charge in [-0.15, -0.1) is 0 Å². The van der Waals surface area contributed by atoms with Crippen molar-refractivity contribution in [2.75, 3.05) is 4.90 Å². The Kier molecular flexibility index (Phi) is 2.83. The van der Waals surface area contributed by atoms with Gasteiger partial charge in [0.2, 0.25) is 0 Å². The maximum Gasteiger partial charge on any atom is 0.335 e. The van der Waals surface area contributed by atoms with Gasteiger partial charge in [-0.05, 0) is 37.5 Å². The molecule has 0 saturated carbocycles. The van der Waals surface area contributed by atoms with E-state index in [9.17, 15) is 14.4 Å². The van der Waals surface area contributed by atoms with Crippen LogP contribution < -0.4 is 4.90 Å². The molecule has 2 aliphatic rings. The van der Waals surface area contributed by atoms with Gasteiger partial charge >= 0.3 is 5.97 Å². The molecule has 2 bridgehead atoms. The fourth-order valence-corrected chi connectivity index (χ4v) is 2.62. The van der Waals surface area contributed by atoms with E-state index in [0.717, 1.165) is 4.90 Å². The van der Waals surface area contributed by atoms with Crippen molar-refractivity contribution < 1.29 is 24.2 Å². The lowest BCUT2D eigenvalue weighted by Gasteiger charge is -2.31. The Balaban J connectivity index is 2.07. The Morgan fingerprint density at radius 1 is 1.25 bits per heavy atom. The van der Waals surface area contributed by atoms with Crippen molar-refractivity contribution in [2.24, 2.45) is 0 Å². The summed E-state index contributed by atoms with van der Waals surface area (Å²) < 4.78 is 5.33. The highest BCUT2D eigenvalue weighted by Gasteiger charge is 2.47. The van der Waals surface area contributed by atoms with E-state index >= 15 is 0 Å². The Labute approximate surface area is 114 Å². The lowest BCUT2D eigenvalue weighted by molar-refractivity contribution is -0.146. The predicted octanol–water partition coefficient (Wildman–Crippen LogP) is 1.11. The van der Waals surface area contributed by atoms with E-state index in [1.165, 1.54) is 12.1 Å². The molecule has 6 heteroatoms. The van der Waals surface area contributed by atoms with Crippen molar-refractivity contribution in [3.05, 3.63) is 29.3 Å². The van der Waals surface area contributed by atoms with Crippen molar-refractivity contribution in [3.8, 4) is 0 Å². The van der Waals surface area contributed by atoms with Crippen LogP contribution in [-0.4, -0.2) is 35.1 Å². The third-order valence-corrected chi connectivity index (χ3v) is 3.71. The van der Waals surface area contributed by atoms with Crippen LogP contribution in [0.3, 0.4) is 0 Å². The second kappa shape index (κ2) is 4.42. The molecule has 2 fully saturated rings. The number of ether oxygens (including phenoxy) is 1. The van der Waals surface area contributed by atoms with Gasteiger partial charge in [0.1, 0.15) is 12.2 Å². The largest absolute Gasteiger partial charge is 0.478 e. The average molecular weight is 275 g/mol. The minimum Gasteiger partial charge on any atom is -0.478 e. The van der Waals surface area contributed by atoms with E-state index in [2.05, 4.69) is 0 Å². The van der Waals surface area contributed by atoms with Gasteiger partial charge in [0.25, 0.3) is 11.8 Å². The van der Waals surface area contributed by atoms with Gasteiger partial charge in [0.15, 0.2) is 0 Å². The van der Waals surface area contributed by atoms with E-state index in [1.807, 2.05) is 0 Å². The summed E-state index contributed by atoms with van der Waals surface area (Å²) in [5, 5.41) is 9.03. The standard InChI is InChI=1S/C14H13NO5/c1-7-2-3-8(14(18)19)6-9(7)15-12(16)10-4-5-11(20-10)13(15)17/h2-3,6,10-11H,4-5H2,1H3,(H,18,19). The highest BCUT2D eigenvalue weighted by atomic mass is 16.5. The number of amides is 2. The topological polar surface area (TPSA) is 83.9 Å². The first-order valence-corrected chi connectivity index (χ1v) is 6.36. The Morgan fingerprint density at radius 3 is 2.40 bits per heavy atom. The number of carboxylic acids is 1. The number of aromatic carboxylic acids is 1. The number of benzene rings is 1. The van der Waals surface area contributed by atoms with Gasteiger partial charge < -0.3 is 9.84 Å². The quantitative estimate of drug-likeness (QED) is 0.817. The summed E-state index contributed by atoms with van der Waals surface area (Å²) in [6.07, 6.45) is -0.122. The number of fused-ring (bicyclic) bond motifs is 2. The van der Waals surface area contributed by atoms with E-state index in [0.29, 0.717) is 24.1 Å². The van der Waals surface area contributed by atoms with Crippen molar-refractivity contribution in [3.63, 3.8) is 0 Å². The third-order valence-electron chi connectivity index (χ3n) is 3.71. The maximum absolute atomic E-state index is 12.3. The van der Waals surface area contributed by atoms with Crippen LogP contribution >= 0.6 is 0 Å². The molecule has 1 aromatic rings. The van der Waals surface area contributed by atoms with Crippen LogP contribution in [-0.2, 0) is 14.3 Å². The number of nitrogens with zero attached hydrogens (tertiary/aromatic N) is 1. The van der Waals surface area contributed by atoms with Gasteiger partial charge in [-0.3, -0.25) is 9.59 Å². The summed E-state index contributed by atoms with van der Waals surface area (Å²) >= 11 is 0. The van der Waals surface area contributed by atoms with Crippen LogP contribution in [0.25, 0.3) is 0 Å². The summed E-state index contributed by atoms with van der Waals surface area (Å²) in [6, 6.07) is 4.40. The number of carbonyl (C=O) groups excluding carboxylic acids is 2. The molecule has 0 aromatic heterocycles. The monoisotopic (exact) mass is 275 g/mol. The fourth-order valence-electron chi connectivity index (χ4n) is 2.62. The number of carboxylic acid groups (broad SMARTS) is 1. The SMILES string of the molecule is Cc1ccc(C(=O)O)cc1N1C(=O)C2CCC(O2)C1=O. The van der Waals surface area contributed by atoms with Crippen LogP contribution in [0.5, 0.6) is 0 Å². The molecule has 6 nitrogen and oxygen atoms in total. The smallest absolute Gasteiger partial charge is 0.335 e. The molecule has 1 aromatic carbocycles. The summed E-state index contributed by atoms with van der Waals surface area (Å²) in [4.78, 5) is 36.6. The van der Waals surface area contributed by atoms with Gasteiger partial charge in [0, 0.05) is 0 Å². The summed E-state index contributed by atoms with van der Waals surface area (Å²) in [6.45, 7) is 1.74. The molecular weight excluding hydrogens is 262 g/mol. The molecule has 104 valence electrons. The van der Waals surface area contributed by atoms with Gasteiger partial charge in [-0.25, -0.2) is 9.69 Å². The average Bonchev–Trinajstić information content (AvgIpc) is 2.85. The molecule has 2 aliphatic heterocycles. The zero-order chi connectivity index (χ0) is 14.4. The lowest BCUT2D eigenvalue weighted by Crippen LogP contribution is -2.52. The van der Waals surface area contributed by atoms with Crippen molar-refractivity contribution in [2.45, 2.75) is 32.0 Å². The molecule has 20 heavy (non-hydrogen) atoms. The minimum atomic E-state index is -1.10. The normalized spacial score (nSPS) is 25.1. The fraction of sp³-hybridized carbons (Fsp3) is 0.357. The summed E-state index contributed by atoms with van der Waals surface area (Å²) in [5.41, 5.74) is 1.06. The molecule has 0 aliphatic carbocycles. The third kappa shape index (κ3) is 1.80. The number of aryl methyl sites for hydroxylation is 1. The number of imide groups is 1. The van der Waals surface area contributed by atoms with E-state index in [4.69, 9.17) is 9.84 Å². The molecule has 0 radical (unpaired) electrons. The van der Waals surface area contributed by atoms with Crippen LogP contribution in [0.2, 0.25) is 0 Å². The summed E-state index contributed by atoms with van der Waals surface area (Å²) in [7, 11) is 0. The molecule has 3 rings (SSSR count). The molecule has 2 atom stereocenters. The molecule has 0 spiro atoms.